The number of methoxy groups -OCH3 is 2. The maximum Gasteiger partial charge on any atom is 0.146 e. The van der Waals surface area contributed by atoms with Gasteiger partial charge in [-0.3, -0.25) is 4.68 Å². The highest BCUT2D eigenvalue weighted by Gasteiger charge is 2.20. The molecule has 2 aromatic rings. The predicted octanol–water partition coefficient (Wildman–Crippen LogP) is 3.01. The maximum atomic E-state index is 5.86. The van der Waals surface area contributed by atoms with E-state index in [1.165, 1.54) is 0 Å². The fraction of sp³-hybridized carbons (Fsp3) is 0.357. The molecule has 0 aliphatic heterocycles. The van der Waals surface area contributed by atoms with Gasteiger partial charge in [0.2, 0.25) is 0 Å². The zero-order valence-electron chi connectivity index (χ0n) is 12.0. The first kappa shape index (κ1) is 14.7. The lowest BCUT2D eigenvalue weighted by molar-refractivity contribution is 0.387. The lowest BCUT2D eigenvalue weighted by atomic mass is 10.0. The van der Waals surface area contributed by atoms with Crippen LogP contribution < -0.4 is 15.2 Å². The molecule has 0 bridgehead atoms. The summed E-state index contributed by atoms with van der Waals surface area (Å²) in [5.41, 5.74) is 8.61. The summed E-state index contributed by atoms with van der Waals surface area (Å²) >= 11 is 3.55. The van der Waals surface area contributed by atoms with Crippen LogP contribution in [0.3, 0.4) is 0 Å². The number of benzene rings is 1. The first-order valence-electron chi connectivity index (χ1n) is 6.26. The minimum Gasteiger partial charge on any atom is -0.495 e. The Bertz CT molecular complexity index is 618. The van der Waals surface area contributed by atoms with Crippen LogP contribution in [-0.2, 0) is 13.5 Å². The molecule has 0 saturated heterocycles. The highest BCUT2D eigenvalue weighted by molar-refractivity contribution is 9.10. The van der Waals surface area contributed by atoms with Gasteiger partial charge in [0.15, 0.2) is 0 Å². The molecule has 0 amide bonds. The normalized spacial score (nSPS) is 10.7. The molecule has 2 N–H and O–H groups in total. The molecule has 0 unspecified atom stereocenters. The molecule has 5 nitrogen and oxygen atoms in total. The Morgan fingerprint density at radius 1 is 1.25 bits per heavy atom. The third-order valence-electron chi connectivity index (χ3n) is 3.23. The molecule has 1 heterocycles. The zero-order chi connectivity index (χ0) is 14.9. The number of hydrogen-bond donors (Lipinski definition) is 1. The molecule has 0 aliphatic rings. The molecule has 0 spiro atoms. The highest BCUT2D eigenvalue weighted by Crippen LogP contribution is 2.44. The van der Waals surface area contributed by atoms with Crippen molar-refractivity contribution in [3.05, 3.63) is 22.2 Å². The summed E-state index contributed by atoms with van der Waals surface area (Å²) in [4.78, 5) is 0. The standard InChI is InChI=1S/C14H18BrN3O2/c1-5-8-6-9(10-7-11(16)18(2)17-10)14(20-4)12(15)13(8)19-3/h6-7H,5,16H2,1-4H3. The number of rotatable bonds is 4. The van der Waals surface area contributed by atoms with E-state index < -0.39 is 0 Å². The van der Waals surface area contributed by atoms with E-state index in [9.17, 15) is 0 Å². The second-order valence-corrected chi connectivity index (χ2v) is 5.19. The van der Waals surface area contributed by atoms with Crippen molar-refractivity contribution in [2.24, 2.45) is 7.05 Å². The van der Waals surface area contributed by atoms with E-state index in [-0.39, 0.29) is 0 Å². The quantitative estimate of drug-likeness (QED) is 0.929. The first-order valence-corrected chi connectivity index (χ1v) is 7.06. The van der Waals surface area contributed by atoms with Crippen molar-refractivity contribution in [2.75, 3.05) is 20.0 Å². The second-order valence-electron chi connectivity index (χ2n) is 4.40. The Kier molecular flexibility index (Phi) is 4.23. The molecule has 0 fully saturated rings. The van der Waals surface area contributed by atoms with Crippen LogP contribution in [0.5, 0.6) is 11.5 Å². The van der Waals surface area contributed by atoms with Crippen LogP contribution in [0.15, 0.2) is 16.6 Å². The molecule has 20 heavy (non-hydrogen) atoms. The summed E-state index contributed by atoms with van der Waals surface area (Å²) in [7, 11) is 5.09. The largest absolute Gasteiger partial charge is 0.495 e. The zero-order valence-corrected chi connectivity index (χ0v) is 13.6. The predicted molar refractivity (Wildman–Crippen MR) is 83.2 cm³/mol. The second kappa shape index (κ2) is 5.75. The van der Waals surface area contributed by atoms with Gasteiger partial charge in [-0.25, -0.2) is 0 Å². The molecule has 0 saturated carbocycles. The van der Waals surface area contributed by atoms with Crippen molar-refractivity contribution in [3.8, 4) is 22.8 Å². The third kappa shape index (κ3) is 2.35. The minimum absolute atomic E-state index is 0.604. The van der Waals surface area contributed by atoms with Crippen LogP contribution in [0, 0.1) is 0 Å². The molecule has 0 aliphatic carbocycles. The Morgan fingerprint density at radius 3 is 2.35 bits per heavy atom. The fourth-order valence-electron chi connectivity index (χ4n) is 2.15. The van der Waals surface area contributed by atoms with E-state index in [4.69, 9.17) is 15.2 Å². The summed E-state index contributed by atoms with van der Waals surface area (Å²) in [5.74, 6) is 2.08. The van der Waals surface area contributed by atoms with Crippen LogP contribution >= 0.6 is 15.9 Å². The van der Waals surface area contributed by atoms with Gasteiger partial charge in [-0.15, -0.1) is 0 Å². The van der Waals surface area contributed by atoms with E-state index in [0.29, 0.717) is 11.6 Å². The van der Waals surface area contributed by atoms with Crippen molar-refractivity contribution in [3.63, 3.8) is 0 Å². The Hall–Kier alpha value is -1.69. The lowest BCUT2D eigenvalue weighted by Gasteiger charge is -2.16. The Morgan fingerprint density at radius 2 is 1.90 bits per heavy atom. The molecule has 108 valence electrons. The maximum absolute atomic E-state index is 5.86. The van der Waals surface area contributed by atoms with Crippen molar-refractivity contribution in [1.29, 1.82) is 0 Å². The fourth-order valence-corrected chi connectivity index (χ4v) is 2.95. The average Bonchev–Trinajstić information content (AvgIpc) is 2.77. The van der Waals surface area contributed by atoms with Gasteiger partial charge in [-0.05, 0) is 34.0 Å². The van der Waals surface area contributed by atoms with Crippen LogP contribution in [0.1, 0.15) is 12.5 Å². The van der Waals surface area contributed by atoms with Gasteiger partial charge in [0.05, 0.1) is 19.9 Å². The van der Waals surface area contributed by atoms with Gasteiger partial charge in [0, 0.05) is 18.7 Å². The van der Waals surface area contributed by atoms with E-state index in [1.54, 1.807) is 18.9 Å². The molecule has 1 aromatic carbocycles. The number of halogens is 1. The number of ether oxygens (including phenoxy) is 2. The molecular formula is C14H18BrN3O2. The smallest absolute Gasteiger partial charge is 0.146 e. The van der Waals surface area contributed by atoms with Crippen LogP contribution in [0.4, 0.5) is 5.82 Å². The van der Waals surface area contributed by atoms with E-state index in [1.807, 2.05) is 19.2 Å². The van der Waals surface area contributed by atoms with Gasteiger partial charge in [0.1, 0.15) is 21.8 Å². The molecule has 0 radical (unpaired) electrons. The molecule has 0 atom stereocenters. The van der Waals surface area contributed by atoms with Gasteiger partial charge >= 0.3 is 0 Å². The molecule has 1 aromatic heterocycles. The summed E-state index contributed by atoms with van der Waals surface area (Å²) in [5, 5.41) is 4.41. The van der Waals surface area contributed by atoms with E-state index in [2.05, 4.69) is 28.0 Å². The van der Waals surface area contributed by atoms with Crippen molar-refractivity contribution >= 4 is 21.7 Å². The minimum atomic E-state index is 0.604. The number of nitrogen functional groups attached to an aromatic ring is 1. The molecular weight excluding hydrogens is 322 g/mol. The lowest BCUT2D eigenvalue weighted by Crippen LogP contribution is -1.99. The monoisotopic (exact) mass is 339 g/mol. The van der Waals surface area contributed by atoms with E-state index in [0.717, 1.165) is 33.5 Å². The number of aromatic nitrogens is 2. The summed E-state index contributed by atoms with van der Waals surface area (Å²) in [6.07, 6.45) is 0.848. The van der Waals surface area contributed by atoms with Crippen molar-refractivity contribution in [1.82, 2.24) is 9.78 Å². The van der Waals surface area contributed by atoms with Crippen molar-refractivity contribution < 1.29 is 9.47 Å². The summed E-state index contributed by atoms with van der Waals surface area (Å²) in [6, 6.07) is 3.86. The van der Waals surface area contributed by atoms with Crippen LogP contribution in [0.2, 0.25) is 0 Å². The SMILES string of the molecule is CCc1cc(-c2cc(N)n(C)n2)c(OC)c(Br)c1OC. The topological polar surface area (TPSA) is 62.3 Å². The van der Waals surface area contributed by atoms with Crippen LogP contribution in [0.25, 0.3) is 11.3 Å². The Labute approximate surface area is 126 Å². The number of nitrogens with two attached hydrogens (primary N) is 1. The highest BCUT2D eigenvalue weighted by atomic mass is 79.9. The number of anilines is 1. The summed E-state index contributed by atoms with van der Waals surface area (Å²) < 4.78 is 13.4. The third-order valence-corrected chi connectivity index (χ3v) is 3.95. The molecule has 6 heteroatoms. The number of nitrogens with zero attached hydrogens (tertiary/aromatic N) is 2. The van der Waals surface area contributed by atoms with Gasteiger partial charge in [0.25, 0.3) is 0 Å². The van der Waals surface area contributed by atoms with Gasteiger partial charge in [-0.1, -0.05) is 6.92 Å². The first-order chi connectivity index (χ1) is 9.53. The average molecular weight is 340 g/mol. The van der Waals surface area contributed by atoms with Crippen molar-refractivity contribution in [2.45, 2.75) is 13.3 Å². The summed E-state index contributed by atoms with van der Waals surface area (Å²) in [6.45, 7) is 2.08. The number of hydrogen-bond acceptors (Lipinski definition) is 4. The van der Waals surface area contributed by atoms with E-state index >= 15 is 0 Å². The Balaban J connectivity index is 2.71. The van der Waals surface area contributed by atoms with Crippen LogP contribution in [-0.4, -0.2) is 24.0 Å². The van der Waals surface area contributed by atoms with Gasteiger partial charge in [-0.2, -0.15) is 5.10 Å². The number of aryl methyl sites for hydroxylation is 2. The van der Waals surface area contributed by atoms with Gasteiger partial charge < -0.3 is 15.2 Å². The molecule has 2 rings (SSSR count).